The molecule has 1 fully saturated rings. The van der Waals surface area contributed by atoms with Gasteiger partial charge in [-0.15, -0.1) is 0 Å². The Kier molecular flexibility index (Phi) is 8.52. The second kappa shape index (κ2) is 10.8. The zero-order valence-electron chi connectivity index (χ0n) is 19.0. The highest BCUT2D eigenvalue weighted by atomic mass is 35.5. The number of rotatable bonds is 7. The van der Waals surface area contributed by atoms with Crippen LogP contribution in [0.25, 0.3) is 0 Å². The molecule has 1 saturated heterocycles. The summed E-state index contributed by atoms with van der Waals surface area (Å²) in [6.45, 7) is 4.58. The van der Waals surface area contributed by atoms with Crippen molar-refractivity contribution >= 4 is 46.4 Å². The van der Waals surface area contributed by atoms with Crippen LogP contribution in [0.4, 0.5) is 18.9 Å². The summed E-state index contributed by atoms with van der Waals surface area (Å²) in [6.07, 6.45) is -3.01. The molecule has 0 saturated carbocycles. The Bertz CT molecular complexity index is 1040. The van der Waals surface area contributed by atoms with Crippen LogP contribution in [0.2, 0.25) is 15.1 Å². The van der Waals surface area contributed by atoms with Crippen molar-refractivity contribution in [3.63, 3.8) is 0 Å². The number of benzene rings is 1. The molecule has 12 heteroatoms. The molecule has 1 aromatic heterocycles. The molecule has 2 heterocycles. The summed E-state index contributed by atoms with van der Waals surface area (Å²) in [7, 11) is 1.53. The minimum atomic E-state index is -4.65. The van der Waals surface area contributed by atoms with Gasteiger partial charge in [-0.2, -0.15) is 18.3 Å². The Morgan fingerprint density at radius 2 is 1.88 bits per heavy atom. The molecule has 34 heavy (non-hydrogen) atoms. The SMILES string of the molecule is CCC(=O)NC(Cn1nc(C(F)(F)F)c(Cl)c1C)C1CCN(c2cc(OC)c(Cl)cc2Cl)CC1. The van der Waals surface area contributed by atoms with E-state index in [-0.39, 0.29) is 30.5 Å². The van der Waals surface area contributed by atoms with Gasteiger partial charge in [0.05, 0.1) is 46.1 Å². The summed E-state index contributed by atoms with van der Waals surface area (Å²) in [6, 6.07) is 3.02. The third-order valence-corrected chi connectivity index (χ3v) is 7.16. The lowest BCUT2D eigenvalue weighted by Gasteiger charge is -2.38. The molecule has 1 atom stereocenters. The van der Waals surface area contributed by atoms with Crippen molar-refractivity contribution in [2.24, 2.45) is 5.92 Å². The van der Waals surface area contributed by atoms with Crippen LogP contribution in [-0.4, -0.2) is 41.9 Å². The predicted molar refractivity (Wildman–Crippen MR) is 127 cm³/mol. The van der Waals surface area contributed by atoms with Gasteiger partial charge in [0, 0.05) is 25.6 Å². The van der Waals surface area contributed by atoms with Crippen molar-refractivity contribution in [2.75, 3.05) is 25.1 Å². The Hall–Kier alpha value is -1.84. The van der Waals surface area contributed by atoms with Gasteiger partial charge in [0.2, 0.25) is 5.91 Å². The predicted octanol–water partition coefficient (Wildman–Crippen LogP) is 5.99. The number of carbonyl (C=O) groups excluding carboxylic acids is 1. The molecule has 1 aromatic carbocycles. The molecule has 0 bridgehead atoms. The normalized spacial score (nSPS) is 16.0. The van der Waals surface area contributed by atoms with Crippen LogP contribution in [0.5, 0.6) is 5.75 Å². The number of piperidine rings is 1. The number of hydrogen-bond donors (Lipinski definition) is 1. The van der Waals surface area contributed by atoms with E-state index in [1.807, 2.05) is 0 Å². The summed E-state index contributed by atoms with van der Waals surface area (Å²) < 4.78 is 46.3. The van der Waals surface area contributed by atoms with E-state index in [1.54, 1.807) is 19.1 Å². The van der Waals surface area contributed by atoms with Crippen molar-refractivity contribution in [3.8, 4) is 5.75 Å². The second-order valence-corrected chi connectivity index (χ2v) is 9.41. The number of nitrogens with one attached hydrogen (secondary N) is 1. The number of aromatic nitrogens is 2. The molecule has 1 aliphatic heterocycles. The topological polar surface area (TPSA) is 59.4 Å². The molecule has 0 spiro atoms. The Labute approximate surface area is 211 Å². The van der Waals surface area contributed by atoms with Gasteiger partial charge in [-0.3, -0.25) is 9.48 Å². The monoisotopic (exact) mass is 540 g/mol. The lowest BCUT2D eigenvalue weighted by atomic mass is 9.88. The van der Waals surface area contributed by atoms with Crippen molar-refractivity contribution in [2.45, 2.75) is 51.9 Å². The average molecular weight is 542 g/mol. The molecule has 6 nitrogen and oxygen atoms in total. The van der Waals surface area contributed by atoms with E-state index < -0.39 is 22.9 Å². The Morgan fingerprint density at radius 3 is 2.41 bits per heavy atom. The fourth-order valence-corrected chi connectivity index (χ4v) is 4.97. The summed E-state index contributed by atoms with van der Waals surface area (Å²) in [5, 5.41) is 7.17. The van der Waals surface area contributed by atoms with Gasteiger partial charge < -0.3 is 15.0 Å². The second-order valence-electron chi connectivity index (χ2n) is 8.22. The maximum atomic E-state index is 13.3. The highest BCUT2D eigenvalue weighted by molar-refractivity contribution is 6.37. The number of nitrogens with zero attached hydrogens (tertiary/aromatic N) is 3. The van der Waals surface area contributed by atoms with Crippen LogP contribution < -0.4 is 15.0 Å². The number of methoxy groups -OCH3 is 1. The zero-order valence-corrected chi connectivity index (χ0v) is 21.2. The van der Waals surface area contributed by atoms with Gasteiger partial charge in [-0.1, -0.05) is 41.7 Å². The highest BCUT2D eigenvalue weighted by Gasteiger charge is 2.39. The van der Waals surface area contributed by atoms with Gasteiger partial charge in [0.25, 0.3) is 0 Å². The van der Waals surface area contributed by atoms with Crippen LogP contribution in [0.15, 0.2) is 12.1 Å². The fourth-order valence-electron chi connectivity index (χ4n) is 4.15. The molecule has 0 radical (unpaired) electrons. The standard InChI is InChI=1S/C22H26Cl3F3N4O2/c1-4-19(33)29-16(11-32-12(2)20(25)21(30-32)22(26,27)28)13-5-7-31(8-6-13)17-10-18(34-3)15(24)9-14(17)23/h9-10,13,16H,4-8,11H2,1-3H3,(H,29,33). The molecular formula is C22H26Cl3F3N4O2. The van der Waals surface area contributed by atoms with Crippen molar-refractivity contribution in [1.29, 1.82) is 0 Å². The third-order valence-electron chi connectivity index (χ3n) is 6.11. The van der Waals surface area contributed by atoms with Gasteiger partial charge >= 0.3 is 6.18 Å². The quantitative estimate of drug-likeness (QED) is 0.468. The lowest BCUT2D eigenvalue weighted by molar-refractivity contribution is -0.141. The van der Waals surface area contributed by atoms with Crippen molar-refractivity contribution in [3.05, 3.63) is 38.6 Å². The number of carbonyl (C=O) groups is 1. The molecule has 1 amide bonds. The van der Waals surface area contributed by atoms with Gasteiger partial charge in [0.1, 0.15) is 5.75 Å². The number of hydrogen-bond acceptors (Lipinski definition) is 4. The molecule has 188 valence electrons. The highest BCUT2D eigenvalue weighted by Crippen LogP contribution is 2.39. The summed E-state index contributed by atoms with van der Waals surface area (Å²) in [5.41, 5.74) is -0.115. The Morgan fingerprint density at radius 1 is 1.24 bits per heavy atom. The minimum Gasteiger partial charge on any atom is -0.495 e. The van der Waals surface area contributed by atoms with Crippen molar-refractivity contribution < 1.29 is 22.7 Å². The van der Waals surface area contributed by atoms with Crippen LogP contribution in [0.3, 0.4) is 0 Å². The molecular weight excluding hydrogens is 516 g/mol. The maximum absolute atomic E-state index is 13.3. The summed E-state index contributed by atoms with van der Waals surface area (Å²) >= 11 is 18.5. The largest absolute Gasteiger partial charge is 0.495 e. The zero-order chi connectivity index (χ0) is 25.2. The number of ether oxygens (including phenoxy) is 1. The first-order valence-corrected chi connectivity index (χ1v) is 12.0. The van der Waals surface area contributed by atoms with E-state index in [0.717, 1.165) is 5.69 Å². The first kappa shape index (κ1) is 26.8. The van der Waals surface area contributed by atoms with Crippen molar-refractivity contribution in [1.82, 2.24) is 15.1 Å². The van der Waals surface area contributed by atoms with Crippen LogP contribution in [0, 0.1) is 12.8 Å². The third kappa shape index (κ3) is 5.86. The minimum absolute atomic E-state index is 0.0245. The summed E-state index contributed by atoms with van der Waals surface area (Å²) in [5.74, 6) is 0.365. The number of amides is 1. The van der Waals surface area contributed by atoms with E-state index in [2.05, 4.69) is 15.3 Å². The molecule has 1 aliphatic rings. The van der Waals surface area contributed by atoms with Crippen LogP contribution in [0.1, 0.15) is 37.6 Å². The van der Waals surface area contributed by atoms with E-state index in [1.165, 1.54) is 18.7 Å². The summed E-state index contributed by atoms with van der Waals surface area (Å²) in [4.78, 5) is 14.3. The molecule has 2 aromatic rings. The smallest absolute Gasteiger partial charge is 0.436 e. The van der Waals surface area contributed by atoms with Crippen LogP contribution in [-0.2, 0) is 17.5 Å². The number of halogens is 6. The van der Waals surface area contributed by atoms with E-state index in [4.69, 9.17) is 39.5 Å². The number of alkyl halides is 3. The van der Waals surface area contributed by atoms with E-state index in [0.29, 0.717) is 41.7 Å². The fraction of sp³-hybridized carbons (Fsp3) is 0.545. The number of anilines is 1. The average Bonchev–Trinajstić information content (AvgIpc) is 3.07. The molecule has 1 unspecified atom stereocenters. The molecule has 3 rings (SSSR count). The van der Waals surface area contributed by atoms with E-state index >= 15 is 0 Å². The first-order chi connectivity index (χ1) is 16.0. The van der Waals surface area contributed by atoms with Crippen LogP contribution >= 0.6 is 34.8 Å². The molecule has 0 aliphatic carbocycles. The first-order valence-electron chi connectivity index (χ1n) is 10.8. The Balaban J connectivity index is 1.78. The molecule has 1 N–H and O–H groups in total. The van der Waals surface area contributed by atoms with Gasteiger partial charge in [0.15, 0.2) is 5.69 Å². The maximum Gasteiger partial charge on any atom is 0.436 e. The van der Waals surface area contributed by atoms with Gasteiger partial charge in [-0.25, -0.2) is 0 Å². The van der Waals surface area contributed by atoms with E-state index in [9.17, 15) is 18.0 Å². The lowest BCUT2D eigenvalue weighted by Crippen LogP contribution is -2.47. The van der Waals surface area contributed by atoms with Gasteiger partial charge in [-0.05, 0) is 31.7 Å².